The molecule has 0 unspecified atom stereocenters. The number of rotatable bonds is 8. The molecule has 0 N–H and O–H groups in total. The largest absolute Gasteiger partial charge is 0.292 e. The van der Waals surface area contributed by atoms with Gasteiger partial charge in [-0.05, 0) is 148 Å². The molecule has 2 aromatic heterocycles. The van der Waals surface area contributed by atoms with Gasteiger partial charge < -0.3 is 0 Å². The van der Waals surface area contributed by atoms with Gasteiger partial charge in [0, 0.05) is 22.5 Å². The van der Waals surface area contributed by atoms with Crippen molar-refractivity contribution >= 4 is 65.2 Å². The molecule has 0 radical (unpaired) electrons. The normalized spacial score (nSPS) is 11.7. The Kier molecular flexibility index (Phi) is 10.2. The molecule has 0 aliphatic heterocycles. The zero-order chi connectivity index (χ0) is 50.1. The van der Waals surface area contributed by atoms with Crippen LogP contribution in [0.5, 0.6) is 0 Å². The molecule has 0 saturated carbocycles. The average molecular weight is 967 g/mol. The molecule has 15 aromatic rings. The molecule has 4 heteroatoms. The van der Waals surface area contributed by atoms with Crippen LogP contribution in [0.15, 0.2) is 279 Å². The molecule has 0 amide bonds. The molecule has 0 fully saturated rings. The fraction of sp³-hybridized carbons (Fsp3) is 0. The van der Waals surface area contributed by atoms with E-state index in [9.17, 15) is 0 Å². The third-order valence-electron chi connectivity index (χ3n) is 15.3. The molecular formula is C72H46N4. The van der Waals surface area contributed by atoms with Crippen LogP contribution in [0.25, 0.3) is 144 Å². The first-order valence-electron chi connectivity index (χ1n) is 26.0. The van der Waals surface area contributed by atoms with Gasteiger partial charge in [0.25, 0.3) is 0 Å². The van der Waals surface area contributed by atoms with Gasteiger partial charge in [0.1, 0.15) is 11.6 Å². The summed E-state index contributed by atoms with van der Waals surface area (Å²) in [6.07, 6.45) is 0. The second-order valence-electron chi connectivity index (χ2n) is 19.7. The second kappa shape index (κ2) is 17.8. The highest BCUT2D eigenvalue weighted by atomic mass is 15.1. The number of fused-ring (bicyclic) bond motifs is 6. The van der Waals surface area contributed by atoms with Gasteiger partial charge in [-0.3, -0.25) is 9.13 Å². The first-order chi connectivity index (χ1) is 37.7. The van der Waals surface area contributed by atoms with Crippen LogP contribution in [0.2, 0.25) is 0 Å². The summed E-state index contributed by atoms with van der Waals surface area (Å²) >= 11 is 0. The lowest BCUT2D eigenvalue weighted by Gasteiger charge is -2.21. The molecule has 0 atom stereocenters. The third-order valence-corrected chi connectivity index (χ3v) is 15.3. The van der Waals surface area contributed by atoms with Crippen LogP contribution >= 0.6 is 0 Å². The monoisotopic (exact) mass is 966 g/mol. The Hall–Kier alpha value is -10.2. The molecule has 0 aliphatic carbocycles. The highest BCUT2D eigenvalue weighted by Gasteiger charge is 2.22. The maximum Gasteiger partial charge on any atom is 0.145 e. The van der Waals surface area contributed by atoms with Crippen LogP contribution < -0.4 is 0 Å². The van der Waals surface area contributed by atoms with Gasteiger partial charge in [-0.2, -0.15) is 0 Å². The molecule has 4 nitrogen and oxygen atoms in total. The van der Waals surface area contributed by atoms with E-state index < -0.39 is 0 Å². The first kappa shape index (κ1) is 43.4. The Morgan fingerprint density at radius 3 is 1.05 bits per heavy atom. The minimum atomic E-state index is 0.925. The summed E-state index contributed by atoms with van der Waals surface area (Å²) in [5, 5.41) is 9.71. The molecule has 15 rings (SSSR count). The summed E-state index contributed by atoms with van der Waals surface area (Å²) in [6.45, 7) is 0. The molecule has 2 heterocycles. The number of benzene rings is 13. The Bertz CT molecular complexity index is 4410. The van der Waals surface area contributed by atoms with Crippen molar-refractivity contribution in [1.82, 2.24) is 19.1 Å². The molecule has 354 valence electrons. The van der Waals surface area contributed by atoms with Crippen molar-refractivity contribution in [2.75, 3.05) is 0 Å². The Morgan fingerprint density at radius 2 is 0.605 bits per heavy atom. The van der Waals surface area contributed by atoms with Gasteiger partial charge in [0.05, 0.1) is 22.1 Å². The lowest BCUT2D eigenvalue weighted by molar-refractivity contribution is 1.10. The van der Waals surface area contributed by atoms with E-state index >= 15 is 0 Å². The molecular weight excluding hydrogens is 921 g/mol. The number of para-hydroxylation sites is 4. The van der Waals surface area contributed by atoms with Gasteiger partial charge in [-0.25, -0.2) is 9.97 Å². The maximum atomic E-state index is 5.13. The van der Waals surface area contributed by atoms with Gasteiger partial charge in [0.2, 0.25) is 0 Å². The standard InChI is InChI=1S/C72H46N4/c1-3-19-51(20-4-1)71-73-65-29-11-13-31-67(65)75(71)55-39-33-47(34-40-55)53-37-43-61-63(45-53)69(59-27-15-23-49-17-7-9-25-57(49)59)62-44-38-54(46-64(62)70(61)60-28-16-24-50-18-8-10-26-58(50)60)48-35-41-56(42-36-48)76-68-32-14-12-30-66(68)74-72(76)52-21-5-2-6-22-52/h1-46H. The van der Waals surface area contributed by atoms with Crippen LogP contribution in [-0.4, -0.2) is 19.1 Å². The zero-order valence-corrected chi connectivity index (χ0v) is 41.3. The number of imidazole rings is 2. The second-order valence-corrected chi connectivity index (χ2v) is 19.7. The number of hydrogen-bond donors (Lipinski definition) is 0. The van der Waals surface area contributed by atoms with Crippen LogP contribution in [0.4, 0.5) is 0 Å². The third kappa shape index (κ3) is 7.14. The maximum absolute atomic E-state index is 5.13. The van der Waals surface area contributed by atoms with E-state index in [-0.39, 0.29) is 0 Å². The summed E-state index contributed by atoms with van der Waals surface area (Å²) in [7, 11) is 0. The smallest absolute Gasteiger partial charge is 0.145 e. The van der Waals surface area contributed by atoms with Crippen molar-refractivity contribution < 1.29 is 0 Å². The summed E-state index contributed by atoms with van der Waals surface area (Å²) in [5.41, 5.74) is 17.9. The molecule has 13 aromatic carbocycles. The van der Waals surface area contributed by atoms with E-state index in [4.69, 9.17) is 9.97 Å². The van der Waals surface area contributed by atoms with Crippen molar-refractivity contribution in [1.29, 1.82) is 0 Å². The predicted octanol–water partition coefficient (Wildman–Crippen LogP) is 19.0. The van der Waals surface area contributed by atoms with Crippen LogP contribution in [0, 0.1) is 0 Å². The fourth-order valence-electron chi connectivity index (χ4n) is 11.8. The van der Waals surface area contributed by atoms with Gasteiger partial charge in [-0.1, -0.05) is 218 Å². The molecule has 0 bridgehead atoms. The highest BCUT2D eigenvalue weighted by Crippen LogP contribution is 2.49. The first-order valence-corrected chi connectivity index (χ1v) is 26.0. The number of aromatic nitrogens is 4. The van der Waals surface area contributed by atoms with Crippen molar-refractivity contribution in [3.8, 4) is 78.7 Å². The van der Waals surface area contributed by atoms with Crippen molar-refractivity contribution in [2.24, 2.45) is 0 Å². The summed E-state index contributed by atoms with van der Waals surface area (Å²) in [4.78, 5) is 10.3. The fourth-order valence-corrected chi connectivity index (χ4v) is 11.8. The van der Waals surface area contributed by atoms with E-state index in [0.717, 1.165) is 78.5 Å². The van der Waals surface area contributed by atoms with Crippen molar-refractivity contribution in [3.63, 3.8) is 0 Å². The SMILES string of the molecule is c1ccc(-c2nc3ccccc3n2-c2ccc(-c3ccc4c(-c5cccc6ccccc56)c5cc(-c6ccc(-n7c(-c8ccccc8)nc8ccccc87)cc6)ccc5c(-c5cccc6ccccc56)c4c3)cc2)cc1. The molecule has 0 saturated heterocycles. The average Bonchev–Trinajstić information content (AvgIpc) is 4.10. The minimum absolute atomic E-state index is 0.925. The Balaban J connectivity index is 0.941. The van der Waals surface area contributed by atoms with E-state index in [2.05, 4.69) is 288 Å². The van der Waals surface area contributed by atoms with Gasteiger partial charge in [0.15, 0.2) is 0 Å². The van der Waals surface area contributed by atoms with E-state index in [1.54, 1.807) is 0 Å². The minimum Gasteiger partial charge on any atom is -0.292 e. The Labute approximate surface area is 439 Å². The van der Waals surface area contributed by atoms with Gasteiger partial charge >= 0.3 is 0 Å². The van der Waals surface area contributed by atoms with Crippen molar-refractivity contribution in [3.05, 3.63) is 279 Å². The Morgan fingerprint density at radius 1 is 0.237 bits per heavy atom. The van der Waals surface area contributed by atoms with Crippen LogP contribution in [-0.2, 0) is 0 Å². The number of nitrogens with zero attached hydrogens (tertiary/aromatic N) is 4. The zero-order valence-electron chi connectivity index (χ0n) is 41.3. The van der Waals surface area contributed by atoms with E-state index in [1.807, 2.05) is 0 Å². The van der Waals surface area contributed by atoms with Crippen LogP contribution in [0.3, 0.4) is 0 Å². The lowest BCUT2D eigenvalue weighted by atomic mass is 9.82. The van der Waals surface area contributed by atoms with Gasteiger partial charge in [-0.15, -0.1) is 0 Å². The quantitative estimate of drug-likeness (QED) is 0.142. The number of hydrogen-bond acceptors (Lipinski definition) is 2. The lowest BCUT2D eigenvalue weighted by Crippen LogP contribution is -1.98. The van der Waals surface area contributed by atoms with Crippen LogP contribution in [0.1, 0.15) is 0 Å². The van der Waals surface area contributed by atoms with E-state index in [1.165, 1.54) is 65.3 Å². The molecule has 0 aliphatic rings. The highest BCUT2D eigenvalue weighted by molar-refractivity contribution is 6.26. The topological polar surface area (TPSA) is 35.6 Å². The predicted molar refractivity (Wildman–Crippen MR) is 318 cm³/mol. The summed E-state index contributed by atoms with van der Waals surface area (Å²) in [5.74, 6) is 1.85. The summed E-state index contributed by atoms with van der Waals surface area (Å²) in [6, 6.07) is 101. The molecule has 0 spiro atoms. The molecule has 76 heavy (non-hydrogen) atoms. The summed E-state index contributed by atoms with van der Waals surface area (Å²) < 4.78 is 4.56. The van der Waals surface area contributed by atoms with E-state index in [0.29, 0.717) is 0 Å². The van der Waals surface area contributed by atoms with Crippen molar-refractivity contribution in [2.45, 2.75) is 0 Å².